The summed E-state index contributed by atoms with van der Waals surface area (Å²) in [6, 6.07) is 15.6. The van der Waals surface area contributed by atoms with E-state index < -0.39 is 11.2 Å². The Kier molecular flexibility index (Phi) is 7.33. The maximum absolute atomic E-state index is 10.2. The normalized spacial score (nSPS) is 11.9. The van der Waals surface area contributed by atoms with Crippen molar-refractivity contribution in [2.75, 3.05) is 12.3 Å². The highest BCUT2D eigenvalue weighted by molar-refractivity contribution is 6.47. The third kappa shape index (κ3) is 6.15. The summed E-state index contributed by atoms with van der Waals surface area (Å²) in [5.41, 5.74) is 8.01. The van der Waals surface area contributed by atoms with Crippen molar-refractivity contribution in [1.82, 2.24) is 0 Å². The van der Waals surface area contributed by atoms with Crippen LogP contribution in [0.2, 0.25) is 0 Å². The van der Waals surface area contributed by atoms with E-state index in [2.05, 4.69) is 6.58 Å². The topological polar surface area (TPSA) is 64.7 Å². The fourth-order valence-electron chi connectivity index (χ4n) is 2.38. The molecule has 0 aliphatic heterocycles. The van der Waals surface area contributed by atoms with Crippen LogP contribution in [0.4, 0.5) is 5.69 Å². The summed E-state index contributed by atoms with van der Waals surface area (Å²) >= 11 is 0. The van der Waals surface area contributed by atoms with Gasteiger partial charge in [0, 0.05) is 0 Å². The van der Waals surface area contributed by atoms with Crippen LogP contribution in [-0.2, 0) is 4.65 Å². The molecule has 2 aromatic carbocycles. The first-order valence-electron chi connectivity index (χ1n) is 9.59. The van der Waals surface area contributed by atoms with Crippen LogP contribution in [0, 0.1) is 0 Å². The Morgan fingerprint density at radius 2 is 1.71 bits per heavy atom. The van der Waals surface area contributed by atoms with Crippen LogP contribution >= 0.6 is 0 Å². The van der Waals surface area contributed by atoms with E-state index in [0.717, 1.165) is 35.2 Å². The lowest BCUT2D eigenvalue weighted by Crippen LogP contribution is -2.49. The lowest BCUT2D eigenvalue weighted by molar-refractivity contribution is -0.0893. The number of rotatable bonds is 10. The van der Waals surface area contributed by atoms with Gasteiger partial charge >= 0.3 is 7.48 Å². The average molecular weight is 380 g/mol. The Morgan fingerprint density at radius 1 is 1.07 bits per heavy atom. The summed E-state index contributed by atoms with van der Waals surface area (Å²) in [6.45, 7) is 12.0. The number of nitrogens with two attached hydrogens (primary N) is 1. The summed E-state index contributed by atoms with van der Waals surface area (Å²) in [7, 11) is 1.68. The van der Waals surface area contributed by atoms with Gasteiger partial charge in [0.15, 0.2) is 0 Å². The minimum Gasteiger partial charge on any atom is -0.491 e. The molecule has 0 aromatic heterocycles. The molecule has 0 aliphatic carbocycles. The minimum atomic E-state index is -0.940. The fraction of sp³-hybridized carbons (Fsp3) is 0.391. The second kappa shape index (κ2) is 9.31. The van der Waals surface area contributed by atoms with Crippen LogP contribution in [-0.4, -0.2) is 30.4 Å². The monoisotopic (exact) mass is 380 g/mol. The summed E-state index contributed by atoms with van der Waals surface area (Å²) in [5, 5.41) is 10.2. The quantitative estimate of drug-likeness (QED) is 0.372. The van der Waals surface area contributed by atoms with Gasteiger partial charge in [-0.05, 0) is 63.8 Å². The van der Waals surface area contributed by atoms with Crippen molar-refractivity contribution in [3.8, 4) is 5.75 Å². The summed E-state index contributed by atoms with van der Waals surface area (Å²) in [5.74, 6) is 0.724. The number of hydrogen-bond donors (Lipinski definition) is 2. The number of aliphatic hydroxyl groups is 1. The number of nitrogen functional groups attached to an aromatic ring is 1. The Balaban J connectivity index is 1.79. The molecule has 0 unspecified atom stereocenters. The molecule has 1 radical (unpaired) electrons. The molecule has 4 nitrogen and oxygen atoms in total. The summed E-state index contributed by atoms with van der Waals surface area (Å²) in [6.07, 6.45) is 1.71. The lowest BCUT2D eigenvalue weighted by Gasteiger charge is -2.37. The Bertz CT molecular complexity index is 779. The van der Waals surface area contributed by atoms with E-state index in [1.54, 1.807) is 21.3 Å². The molecule has 0 saturated heterocycles. The van der Waals surface area contributed by atoms with E-state index in [4.69, 9.17) is 15.1 Å². The van der Waals surface area contributed by atoms with Crippen molar-refractivity contribution in [2.45, 2.75) is 51.7 Å². The highest BCUT2D eigenvalue weighted by Gasteiger charge is 2.35. The molecule has 2 aromatic rings. The van der Waals surface area contributed by atoms with Crippen LogP contribution in [0.15, 0.2) is 55.1 Å². The maximum Gasteiger partial charge on any atom is 0.330 e. The van der Waals surface area contributed by atoms with Gasteiger partial charge in [0.1, 0.15) is 5.75 Å². The lowest BCUT2D eigenvalue weighted by atomic mass is 9.82. The Hall–Kier alpha value is -2.24. The number of allylic oxidation sites excluding steroid dienone is 1. The molecule has 0 atom stereocenters. The Labute approximate surface area is 169 Å². The van der Waals surface area contributed by atoms with Crippen molar-refractivity contribution in [3.63, 3.8) is 0 Å². The highest BCUT2D eigenvalue weighted by atomic mass is 16.5. The molecular formula is C23H31BNO3. The first kappa shape index (κ1) is 22.1. The molecule has 3 N–H and O–H groups in total. The van der Waals surface area contributed by atoms with E-state index in [9.17, 15) is 5.11 Å². The van der Waals surface area contributed by atoms with Gasteiger partial charge in [-0.25, -0.2) is 0 Å². The minimum absolute atomic E-state index is 0.596. The molecule has 0 aliphatic rings. The van der Waals surface area contributed by atoms with Crippen molar-refractivity contribution in [1.29, 1.82) is 0 Å². The zero-order valence-corrected chi connectivity index (χ0v) is 17.4. The van der Waals surface area contributed by atoms with Crippen molar-refractivity contribution < 1.29 is 14.5 Å². The molecule has 5 heteroatoms. The van der Waals surface area contributed by atoms with Crippen LogP contribution in [0.25, 0.3) is 5.57 Å². The van der Waals surface area contributed by atoms with Gasteiger partial charge < -0.3 is 20.2 Å². The third-order valence-electron chi connectivity index (χ3n) is 5.08. The molecule has 2 rings (SSSR count). The van der Waals surface area contributed by atoms with Crippen molar-refractivity contribution in [3.05, 3.63) is 60.7 Å². The fourth-order valence-corrected chi connectivity index (χ4v) is 2.38. The van der Waals surface area contributed by atoms with Gasteiger partial charge in [-0.3, -0.25) is 0 Å². The number of benzene rings is 2. The molecule has 28 heavy (non-hydrogen) atoms. The first-order chi connectivity index (χ1) is 13.1. The van der Waals surface area contributed by atoms with Crippen LogP contribution in [0.1, 0.15) is 46.1 Å². The van der Waals surface area contributed by atoms with Crippen molar-refractivity contribution in [2.24, 2.45) is 0 Å². The SMILES string of the molecule is C=C(CCCOc1ccccc1N)c1ccc([B]OC(C)(C)C(C)(C)O)cc1. The van der Waals surface area contributed by atoms with Crippen LogP contribution in [0.3, 0.4) is 0 Å². The van der Waals surface area contributed by atoms with Crippen LogP contribution < -0.4 is 15.9 Å². The zero-order valence-electron chi connectivity index (χ0n) is 17.4. The summed E-state index contributed by atoms with van der Waals surface area (Å²) in [4.78, 5) is 0. The van der Waals surface area contributed by atoms with Gasteiger partial charge in [0.2, 0.25) is 0 Å². The number of anilines is 1. The highest BCUT2D eigenvalue weighted by Crippen LogP contribution is 2.24. The third-order valence-corrected chi connectivity index (χ3v) is 5.08. The molecule has 0 fully saturated rings. The van der Waals surface area contributed by atoms with Gasteiger partial charge in [-0.1, -0.05) is 48.4 Å². The predicted molar refractivity (Wildman–Crippen MR) is 118 cm³/mol. The predicted octanol–water partition coefficient (Wildman–Crippen LogP) is 3.95. The molecule has 0 amide bonds. The van der Waals surface area contributed by atoms with Gasteiger partial charge in [0.25, 0.3) is 0 Å². The van der Waals surface area contributed by atoms with E-state index >= 15 is 0 Å². The number of para-hydroxylation sites is 2. The first-order valence-corrected chi connectivity index (χ1v) is 9.59. The summed E-state index contributed by atoms with van der Waals surface area (Å²) < 4.78 is 11.5. The maximum atomic E-state index is 10.2. The van der Waals surface area contributed by atoms with Gasteiger partial charge in [-0.2, -0.15) is 0 Å². The standard InChI is InChI=1S/C23H31BNO3/c1-17(9-8-16-27-21-11-7-6-10-20(21)25)18-12-14-19(15-13-18)24-28-23(4,5)22(2,3)26/h6-7,10-15,26H,1,8-9,16,25H2,2-5H3. The Morgan fingerprint density at radius 3 is 2.32 bits per heavy atom. The van der Waals surface area contributed by atoms with E-state index in [-0.39, 0.29) is 0 Å². The second-order valence-electron chi connectivity index (χ2n) is 8.02. The van der Waals surface area contributed by atoms with Crippen LogP contribution in [0.5, 0.6) is 5.75 Å². The average Bonchev–Trinajstić information content (AvgIpc) is 2.64. The van der Waals surface area contributed by atoms with Gasteiger partial charge in [0.05, 0.1) is 23.5 Å². The number of ether oxygens (including phenoxy) is 1. The van der Waals surface area contributed by atoms with E-state index in [0.29, 0.717) is 12.3 Å². The smallest absolute Gasteiger partial charge is 0.330 e. The van der Waals surface area contributed by atoms with E-state index in [1.807, 2.05) is 62.4 Å². The zero-order chi connectivity index (χ0) is 20.8. The van der Waals surface area contributed by atoms with Gasteiger partial charge in [-0.15, -0.1) is 0 Å². The number of hydrogen-bond acceptors (Lipinski definition) is 4. The molecule has 0 saturated carbocycles. The molecular weight excluding hydrogens is 349 g/mol. The molecule has 0 bridgehead atoms. The van der Waals surface area contributed by atoms with Crippen molar-refractivity contribution >= 4 is 24.2 Å². The largest absolute Gasteiger partial charge is 0.491 e. The molecule has 0 heterocycles. The van der Waals surface area contributed by atoms with E-state index in [1.165, 1.54) is 0 Å². The molecule has 0 spiro atoms. The second-order valence-corrected chi connectivity index (χ2v) is 8.02. The molecule has 149 valence electrons.